The number of nitrogens with zero attached hydrogens (tertiary/aromatic N) is 6. The zero-order chi connectivity index (χ0) is 22.4. The van der Waals surface area contributed by atoms with Gasteiger partial charge in [-0.1, -0.05) is 27.2 Å². The molecular weight excluding hydrogens is 388 g/mol. The molecule has 0 bridgehead atoms. The lowest BCUT2D eigenvalue weighted by Crippen LogP contribution is -2.60. The van der Waals surface area contributed by atoms with E-state index >= 15 is 0 Å². The van der Waals surface area contributed by atoms with E-state index in [1.165, 1.54) is 12.8 Å². The van der Waals surface area contributed by atoms with Crippen LogP contribution >= 0.6 is 0 Å². The maximum absolute atomic E-state index is 13.0. The van der Waals surface area contributed by atoms with Crippen LogP contribution in [0.4, 0.5) is 5.95 Å². The Hall–Kier alpha value is -1.73. The van der Waals surface area contributed by atoms with Crippen LogP contribution in [0.1, 0.15) is 70.7 Å². The number of hydrogen-bond acceptors (Lipinski definition) is 6. The van der Waals surface area contributed by atoms with Crippen LogP contribution in [-0.4, -0.2) is 94.5 Å². The van der Waals surface area contributed by atoms with E-state index in [1.54, 1.807) is 12.4 Å². The Morgan fingerprint density at radius 3 is 2.06 bits per heavy atom. The van der Waals surface area contributed by atoms with Crippen molar-refractivity contribution >= 4 is 11.9 Å². The Morgan fingerprint density at radius 2 is 1.58 bits per heavy atom. The van der Waals surface area contributed by atoms with E-state index in [4.69, 9.17) is 0 Å². The van der Waals surface area contributed by atoms with Crippen molar-refractivity contribution in [2.24, 2.45) is 0 Å². The second-order valence-corrected chi connectivity index (χ2v) is 9.34. The van der Waals surface area contributed by atoms with Crippen LogP contribution in [0.5, 0.6) is 0 Å². The van der Waals surface area contributed by atoms with Crippen molar-refractivity contribution < 1.29 is 4.79 Å². The number of carbonyl (C=O) groups excluding carboxylic acids is 1. The summed E-state index contributed by atoms with van der Waals surface area (Å²) in [5, 5.41) is 0. The number of amides is 1. The molecule has 0 N–H and O–H groups in total. The second kappa shape index (κ2) is 11.2. The average Bonchev–Trinajstić information content (AvgIpc) is 2.81. The fraction of sp³-hybridized carbons (Fsp3) is 0.792. The van der Waals surface area contributed by atoms with E-state index in [0.717, 1.165) is 64.6 Å². The molecule has 3 heterocycles. The molecule has 1 aromatic heterocycles. The molecule has 2 saturated heterocycles. The minimum Gasteiger partial charge on any atom is -0.336 e. The van der Waals surface area contributed by atoms with Gasteiger partial charge in [0.05, 0.1) is 5.56 Å². The topological polar surface area (TPSA) is 55.8 Å². The van der Waals surface area contributed by atoms with Gasteiger partial charge in [0, 0.05) is 69.8 Å². The molecule has 0 aromatic carbocycles. The van der Waals surface area contributed by atoms with Gasteiger partial charge in [0.25, 0.3) is 5.91 Å². The molecular formula is C24H42N6O. The first-order chi connectivity index (χ1) is 15.0. The number of unbranched alkanes of at least 4 members (excludes halogenated alkanes) is 1. The molecule has 7 heteroatoms. The van der Waals surface area contributed by atoms with Crippen LogP contribution in [0.3, 0.4) is 0 Å². The number of piperazine rings is 2. The van der Waals surface area contributed by atoms with Crippen LogP contribution in [0.15, 0.2) is 12.4 Å². The van der Waals surface area contributed by atoms with E-state index in [0.29, 0.717) is 23.7 Å². The maximum Gasteiger partial charge on any atom is 0.257 e. The minimum atomic E-state index is 0.0606. The van der Waals surface area contributed by atoms with Gasteiger partial charge in [-0.25, -0.2) is 9.97 Å². The van der Waals surface area contributed by atoms with E-state index in [9.17, 15) is 4.79 Å². The lowest BCUT2D eigenvalue weighted by molar-refractivity contribution is 0.0635. The number of hydrogen-bond donors (Lipinski definition) is 0. The number of carbonyl (C=O) groups is 1. The number of anilines is 1. The van der Waals surface area contributed by atoms with Crippen molar-refractivity contribution in [1.82, 2.24) is 24.7 Å². The Bertz CT molecular complexity index is 672. The van der Waals surface area contributed by atoms with Crippen LogP contribution in [0, 0.1) is 0 Å². The molecule has 0 radical (unpaired) electrons. The largest absolute Gasteiger partial charge is 0.336 e. The highest BCUT2D eigenvalue weighted by atomic mass is 16.2. The highest BCUT2D eigenvalue weighted by Crippen LogP contribution is 2.26. The monoisotopic (exact) mass is 430 g/mol. The molecule has 2 aliphatic heterocycles. The SMILES string of the molecule is CCCCN1CCN(C(=O)c2cnc(N3C(CC)CN(C(C)C)CC3CC)nc2)CC1. The summed E-state index contributed by atoms with van der Waals surface area (Å²) in [6.07, 6.45) is 8.04. The molecule has 31 heavy (non-hydrogen) atoms. The Morgan fingerprint density at radius 1 is 1.00 bits per heavy atom. The van der Waals surface area contributed by atoms with E-state index < -0.39 is 0 Å². The zero-order valence-electron chi connectivity index (χ0n) is 20.3. The average molecular weight is 431 g/mol. The zero-order valence-corrected chi connectivity index (χ0v) is 20.3. The molecule has 2 aliphatic rings. The predicted molar refractivity (Wildman–Crippen MR) is 127 cm³/mol. The maximum atomic E-state index is 13.0. The highest BCUT2D eigenvalue weighted by molar-refractivity contribution is 5.93. The van der Waals surface area contributed by atoms with Gasteiger partial charge < -0.3 is 9.80 Å². The molecule has 174 valence electrons. The van der Waals surface area contributed by atoms with Crippen LogP contribution in [-0.2, 0) is 0 Å². The van der Waals surface area contributed by atoms with Gasteiger partial charge >= 0.3 is 0 Å². The molecule has 1 aromatic rings. The van der Waals surface area contributed by atoms with Gasteiger partial charge in [-0.3, -0.25) is 14.6 Å². The van der Waals surface area contributed by atoms with E-state index in [-0.39, 0.29) is 5.91 Å². The number of rotatable bonds is 8. The third kappa shape index (κ3) is 5.75. The Kier molecular flexibility index (Phi) is 8.67. The minimum absolute atomic E-state index is 0.0606. The smallest absolute Gasteiger partial charge is 0.257 e. The Labute approximate surface area is 188 Å². The fourth-order valence-corrected chi connectivity index (χ4v) is 4.79. The summed E-state index contributed by atoms with van der Waals surface area (Å²) >= 11 is 0. The first kappa shape index (κ1) is 23.9. The summed E-state index contributed by atoms with van der Waals surface area (Å²) in [7, 11) is 0. The lowest BCUT2D eigenvalue weighted by Gasteiger charge is -2.48. The number of aromatic nitrogens is 2. The molecule has 2 atom stereocenters. The van der Waals surface area contributed by atoms with E-state index in [2.05, 4.69) is 59.3 Å². The van der Waals surface area contributed by atoms with Crippen LogP contribution in [0.25, 0.3) is 0 Å². The van der Waals surface area contributed by atoms with Gasteiger partial charge in [-0.15, -0.1) is 0 Å². The summed E-state index contributed by atoms with van der Waals surface area (Å²) in [6.45, 7) is 18.0. The summed E-state index contributed by atoms with van der Waals surface area (Å²) in [5.74, 6) is 0.827. The summed E-state index contributed by atoms with van der Waals surface area (Å²) in [4.78, 5) is 31.7. The molecule has 3 rings (SSSR count). The van der Waals surface area contributed by atoms with Crippen LogP contribution < -0.4 is 4.90 Å². The third-order valence-electron chi connectivity index (χ3n) is 6.95. The summed E-state index contributed by atoms with van der Waals surface area (Å²) in [6, 6.07) is 1.35. The van der Waals surface area contributed by atoms with Gasteiger partial charge in [0.15, 0.2) is 0 Å². The van der Waals surface area contributed by atoms with Gasteiger partial charge in [-0.05, 0) is 39.7 Å². The second-order valence-electron chi connectivity index (χ2n) is 9.34. The fourth-order valence-electron chi connectivity index (χ4n) is 4.79. The standard InChI is InChI=1S/C24H42N6O/c1-6-9-10-27-11-13-28(14-12-27)23(31)20-15-25-24(26-16-20)30-21(7-2)17-29(19(4)5)18-22(30)8-3/h15-16,19,21-22H,6-14,17-18H2,1-5H3. The first-order valence-electron chi connectivity index (χ1n) is 12.3. The summed E-state index contributed by atoms with van der Waals surface area (Å²) < 4.78 is 0. The van der Waals surface area contributed by atoms with Crippen molar-refractivity contribution in [3.05, 3.63) is 18.0 Å². The van der Waals surface area contributed by atoms with E-state index in [1.807, 2.05) is 4.90 Å². The molecule has 0 saturated carbocycles. The van der Waals surface area contributed by atoms with Crippen molar-refractivity contribution in [2.75, 3.05) is 50.7 Å². The molecule has 2 unspecified atom stereocenters. The predicted octanol–water partition coefficient (Wildman–Crippen LogP) is 3.12. The quantitative estimate of drug-likeness (QED) is 0.632. The van der Waals surface area contributed by atoms with Gasteiger partial charge in [-0.2, -0.15) is 0 Å². The first-order valence-corrected chi connectivity index (χ1v) is 12.3. The van der Waals surface area contributed by atoms with Crippen molar-refractivity contribution in [2.45, 2.75) is 78.4 Å². The van der Waals surface area contributed by atoms with Crippen LogP contribution in [0.2, 0.25) is 0 Å². The van der Waals surface area contributed by atoms with Crippen molar-refractivity contribution in [3.8, 4) is 0 Å². The van der Waals surface area contributed by atoms with Crippen molar-refractivity contribution in [3.63, 3.8) is 0 Å². The Balaban J connectivity index is 1.65. The van der Waals surface area contributed by atoms with Gasteiger partial charge in [0.2, 0.25) is 5.95 Å². The molecule has 1 amide bonds. The molecule has 0 spiro atoms. The van der Waals surface area contributed by atoms with Crippen molar-refractivity contribution in [1.29, 1.82) is 0 Å². The third-order valence-corrected chi connectivity index (χ3v) is 6.95. The normalized spacial score (nSPS) is 23.5. The lowest BCUT2D eigenvalue weighted by atomic mass is 10.0. The summed E-state index contributed by atoms with van der Waals surface area (Å²) in [5.41, 5.74) is 0.604. The molecule has 2 fully saturated rings. The molecule has 0 aliphatic carbocycles. The highest BCUT2D eigenvalue weighted by Gasteiger charge is 2.35. The molecule has 7 nitrogen and oxygen atoms in total. The van der Waals surface area contributed by atoms with Gasteiger partial charge in [0.1, 0.15) is 0 Å².